The predicted octanol–water partition coefficient (Wildman–Crippen LogP) is 2.53. The summed E-state index contributed by atoms with van der Waals surface area (Å²) in [7, 11) is 1.62. The third-order valence-electron chi connectivity index (χ3n) is 5.34. The van der Waals surface area contributed by atoms with Crippen LogP contribution in [0.25, 0.3) is 11.2 Å². The minimum absolute atomic E-state index is 0.101. The molecule has 0 aliphatic carbocycles. The first-order valence-electron chi connectivity index (χ1n) is 10.3. The number of rotatable bonds is 8. The van der Waals surface area contributed by atoms with Crippen LogP contribution in [0.1, 0.15) is 27.7 Å². The van der Waals surface area contributed by atoms with Crippen LogP contribution in [0, 0.1) is 6.92 Å². The zero-order valence-corrected chi connectivity index (χ0v) is 19.5. The molecule has 0 aliphatic heterocycles. The van der Waals surface area contributed by atoms with E-state index in [0.717, 1.165) is 21.3 Å². The van der Waals surface area contributed by atoms with E-state index in [0.29, 0.717) is 42.0 Å². The first kappa shape index (κ1) is 22.4. The molecule has 0 fully saturated rings. The third kappa shape index (κ3) is 4.41. The van der Waals surface area contributed by atoms with Crippen LogP contribution >= 0.6 is 22.9 Å². The minimum Gasteiger partial charge on any atom is -0.396 e. The second kappa shape index (κ2) is 9.40. The fourth-order valence-electron chi connectivity index (χ4n) is 3.71. The molecular weight excluding hydrogens is 450 g/mol. The van der Waals surface area contributed by atoms with Crippen LogP contribution in [0.15, 0.2) is 40.1 Å². The second-order valence-corrected chi connectivity index (χ2v) is 9.41. The van der Waals surface area contributed by atoms with Crippen molar-refractivity contribution in [2.45, 2.75) is 39.3 Å². The van der Waals surface area contributed by atoms with Gasteiger partial charge in [-0.3, -0.25) is 13.9 Å². The molecule has 1 aromatic carbocycles. The molecule has 4 rings (SSSR count). The van der Waals surface area contributed by atoms with E-state index in [9.17, 15) is 14.7 Å². The van der Waals surface area contributed by atoms with Gasteiger partial charge in [-0.1, -0.05) is 23.7 Å². The number of hydrogen-bond donors (Lipinski definition) is 1. The van der Waals surface area contributed by atoms with E-state index in [1.165, 1.54) is 9.13 Å². The molecule has 10 heteroatoms. The number of nitrogens with zero attached hydrogens (tertiary/aromatic N) is 5. The van der Waals surface area contributed by atoms with Crippen molar-refractivity contribution in [2.75, 3.05) is 6.61 Å². The van der Waals surface area contributed by atoms with Crippen LogP contribution in [-0.4, -0.2) is 35.4 Å². The molecule has 0 aliphatic rings. The van der Waals surface area contributed by atoms with E-state index < -0.39 is 11.2 Å². The molecule has 0 amide bonds. The molecule has 4 aromatic rings. The van der Waals surface area contributed by atoms with Crippen molar-refractivity contribution in [3.8, 4) is 0 Å². The highest BCUT2D eigenvalue weighted by atomic mass is 35.5. The third-order valence-corrected chi connectivity index (χ3v) is 6.56. The Hall–Kier alpha value is -2.75. The van der Waals surface area contributed by atoms with Gasteiger partial charge in [-0.25, -0.2) is 14.8 Å². The van der Waals surface area contributed by atoms with Gasteiger partial charge >= 0.3 is 5.69 Å². The molecule has 0 saturated carbocycles. The van der Waals surface area contributed by atoms with Crippen LogP contribution in [0.2, 0.25) is 5.02 Å². The molecule has 168 valence electrons. The molecule has 0 saturated heterocycles. The Kier molecular flexibility index (Phi) is 6.59. The molecule has 0 radical (unpaired) electrons. The van der Waals surface area contributed by atoms with Crippen molar-refractivity contribution in [1.29, 1.82) is 0 Å². The van der Waals surface area contributed by atoms with Gasteiger partial charge < -0.3 is 9.67 Å². The summed E-state index contributed by atoms with van der Waals surface area (Å²) in [6.45, 7) is 2.49. The number of aromatic nitrogens is 5. The van der Waals surface area contributed by atoms with Gasteiger partial charge in [0.2, 0.25) is 0 Å². The maximum Gasteiger partial charge on any atom is 0.332 e. The maximum atomic E-state index is 13.3. The Labute approximate surface area is 193 Å². The lowest BCUT2D eigenvalue weighted by molar-refractivity contribution is 0.277. The number of aliphatic hydroxyl groups is 1. The van der Waals surface area contributed by atoms with Gasteiger partial charge in [0.1, 0.15) is 5.82 Å². The van der Waals surface area contributed by atoms with Crippen LogP contribution in [0.4, 0.5) is 0 Å². The molecule has 32 heavy (non-hydrogen) atoms. The average molecular weight is 474 g/mol. The molecule has 0 unspecified atom stereocenters. The van der Waals surface area contributed by atoms with Crippen molar-refractivity contribution in [1.82, 2.24) is 23.7 Å². The summed E-state index contributed by atoms with van der Waals surface area (Å²) in [4.78, 5) is 36.4. The van der Waals surface area contributed by atoms with Gasteiger partial charge in [-0.05, 0) is 31.0 Å². The Balaban J connectivity index is 1.85. The first-order valence-corrected chi connectivity index (χ1v) is 11.5. The summed E-state index contributed by atoms with van der Waals surface area (Å²) in [6.07, 6.45) is 3.44. The Morgan fingerprint density at radius 3 is 2.53 bits per heavy atom. The summed E-state index contributed by atoms with van der Waals surface area (Å²) in [5.41, 5.74) is 0.878. The van der Waals surface area contributed by atoms with Gasteiger partial charge in [0.15, 0.2) is 11.2 Å². The number of hydrogen-bond acceptors (Lipinski definition) is 6. The molecule has 0 bridgehead atoms. The fourth-order valence-corrected chi connectivity index (χ4v) is 4.62. The highest BCUT2D eigenvalue weighted by Gasteiger charge is 2.20. The van der Waals surface area contributed by atoms with E-state index in [-0.39, 0.29) is 13.2 Å². The van der Waals surface area contributed by atoms with Gasteiger partial charge in [-0.15, -0.1) is 11.3 Å². The first-order chi connectivity index (χ1) is 15.4. The average Bonchev–Trinajstić information content (AvgIpc) is 3.36. The Bertz CT molecular complexity index is 1370. The zero-order chi connectivity index (χ0) is 22.8. The van der Waals surface area contributed by atoms with Gasteiger partial charge in [-0.2, -0.15) is 0 Å². The normalized spacial score (nSPS) is 11.5. The fraction of sp³-hybridized carbons (Fsp3) is 0.364. The van der Waals surface area contributed by atoms with Crippen molar-refractivity contribution < 1.29 is 5.11 Å². The molecule has 3 aromatic heterocycles. The minimum atomic E-state index is -0.436. The van der Waals surface area contributed by atoms with E-state index in [1.807, 2.05) is 42.0 Å². The van der Waals surface area contributed by atoms with E-state index in [1.54, 1.807) is 18.4 Å². The van der Waals surface area contributed by atoms with Crippen molar-refractivity contribution in [3.63, 3.8) is 0 Å². The lowest BCUT2D eigenvalue weighted by atomic mass is 10.2. The summed E-state index contributed by atoms with van der Waals surface area (Å²) < 4.78 is 4.46. The van der Waals surface area contributed by atoms with Crippen molar-refractivity contribution in [2.24, 2.45) is 7.05 Å². The quantitative estimate of drug-likeness (QED) is 0.424. The largest absolute Gasteiger partial charge is 0.396 e. The topological polar surface area (TPSA) is 94.9 Å². The predicted molar refractivity (Wildman–Crippen MR) is 126 cm³/mol. The number of aryl methyl sites for hydroxylation is 4. The van der Waals surface area contributed by atoms with Crippen LogP contribution in [0.3, 0.4) is 0 Å². The van der Waals surface area contributed by atoms with Gasteiger partial charge in [0.05, 0.1) is 5.01 Å². The molecule has 0 spiro atoms. The molecule has 0 atom stereocenters. The monoisotopic (exact) mass is 473 g/mol. The zero-order valence-electron chi connectivity index (χ0n) is 17.9. The second-order valence-electron chi connectivity index (χ2n) is 7.65. The van der Waals surface area contributed by atoms with Gasteiger partial charge in [0, 0.05) is 55.7 Å². The molecule has 8 nitrogen and oxygen atoms in total. The van der Waals surface area contributed by atoms with E-state index in [4.69, 9.17) is 16.6 Å². The summed E-state index contributed by atoms with van der Waals surface area (Å²) in [6, 6.07) is 7.44. The van der Waals surface area contributed by atoms with Crippen LogP contribution < -0.4 is 11.2 Å². The standard InChI is InChI=1S/C22H24ClN5O3S/c1-14-12-24-18(32-14)9-8-17-25-20-19(28(17)13-15-4-6-16(23)7-5-15)21(30)27(10-3-11-29)22(31)26(20)2/h4-7,12,29H,3,8-11,13H2,1-2H3. The van der Waals surface area contributed by atoms with Crippen molar-refractivity contribution in [3.05, 3.63) is 77.6 Å². The number of benzene rings is 1. The molecule has 1 N–H and O–H groups in total. The summed E-state index contributed by atoms with van der Waals surface area (Å²) in [5, 5.41) is 10.8. The lowest BCUT2D eigenvalue weighted by Crippen LogP contribution is -2.40. The van der Waals surface area contributed by atoms with Gasteiger partial charge in [0.25, 0.3) is 5.56 Å². The SMILES string of the molecule is Cc1cnc(CCc2nc3c(c(=O)n(CCCO)c(=O)n3C)n2Cc2ccc(Cl)cc2)s1. The number of halogens is 1. The Morgan fingerprint density at radius 2 is 1.88 bits per heavy atom. The molecular formula is C22H24ClN5O3S. The summed E-state index contributed by atoms with van der Waals surface area (Å²) in [5.74, 6) is 0.717. The highest BCUT2D eigenvalue weighted by Crippen LogP contribution is 2.19. The van der Waals surface area contributed by atoms with Crippen LogP contribution in [-0.2, 0) is 33.0 Å². The van der Waals surface area contributed by atoms with E-state index in [2.05, 4.69) is 4.98 Å². The lowest BCUT2D eigenvalue weighted by Gasteiger charge is -2.11. The smallest absolute Gasteiger partial charge is 0.332 e. The van der Waals surface area contributed by atoms with Crippen molar-refractivity contribution >= 4 is 34.1 Å². The molecule has 3 heterocycles. The Morgan fingerprint density at radius 1 is 1.12 bits per heavy atom. The van der Waals surface area contributed by atoms with Crippen LogP contribution in [0.5, 0.6) is 0 Å². The number of aliphatic hydroxyl groups excluding tert-OH is 1. The maximum absolute atomic E-state index is 13.3. The highest BCUT2D eigenvalue weighted by molar-refractivity contribution is 7.11. The number of thiazole rings is 1. The summed E-state index contributed by atoms with van der Waals surface area (Å²) >= 11 is 7.67. The number of fused-ring (bicyclic) bond motifs is 1. The number of imidazole rings is 1. The van der Waals surface area contributed by atoms with E-state index >= 15 is 0 Å².